The van der Waals surface area contributed by atoms with Crippen LogP contribution in [0, 0.1) is 12.8 Å². The minimum atomic E-state index is -0.597. The number of nitrogens with one attached hydrogen (secondary N) is 2. The summed E-state index contributed by atoms with van der Waals surface area (Å²) in [7, 11) is 0. The lowest BCUT2D eigenvalue weighted by atomic mass is 9.88. The van der Waals surface area contributed by atoms with E-state index in [4.69, 9.17) is 0 Å². The third-order valence-corrected chi connectivity index (χ3v) is 5.63. The van der Waals surface area contributed by atoms with Crippen LogP contribution < -0.4 is 10.6 Å². The van der Waals surface area contributed by atoms with E-state index < -0.39 is 6.04 Å². The predicted molar refractivity (Wildman–Crippen MR) is 110 cm³/mol. The minimum absolute atomic E-state index is 0.0120. The summed E-state index contributed by atoms with van der Waals surface area (Å²) < 4.78 is 0. The SMILES string of the molecule is CCC(=O)N1CCC([C@H](NC(=O)c2ccccc2C)C(=O)N[C@H](C)CC)CC1. The van der Waals surface area contributed by atoms with Gasteiger partial charge >= 0.3 is 0 Å². The van der Waals surface area contributed by atoms with Gasteiger partial charge in [0.05, 0.1) is 0 Å². The monoisotopic (exact) mass is 387 g/mol. The van der Waals surface area contributed by atoms with Crippen molar-refractivity contribution in [2.75, 3.05) is 13.1 Å². The number of hydrogen-bond donors (Lipinski definition) is 2. The Bertz CT molecular complexity index is 696. The molecule has 0 radical (unpaired) electrons. The van der Waals surface area contributed by atoms with Crippen LogP contribution in [-0.4, -0.2) is 47.8 Å². The number of piperidine rings is 1. The van der Waals surface area contributed by atoms with Gasteiger partial charge in [0, 0.05) is 31.1 Å². The number of likely N-dealkylation sites (tertiary alicyclic amines) is 1. The molecule has 1 aromatic rings. The maximum absolute atomic E-state index is 12.9. The lowest BCUT2D eigenvalue weighted by Crippen LogP contribution is -2.55. The Morgan fingerprint density at radius 3 is 2.32 bits per heavy atom. The molecular weight excluding hydrogens is 354 g/mol. The molecule has 28 heavy (non-hydrogen) atoms. The molecule has 154 valence electrons. The zero-order valence-corrected chi connectivity index (χ0v) is 17.5. The van der Waals surface area contributed by atoms with E-state index in [9.17, 15) is 14.4 Å². The third-order valence-electron chi connectivity index (χ3n) is 5.63. The maximum atomic E-state index is 12.9. The van der Waals surface area contributed by atoms with Gasteiger partial charge in [-0.15, -0.1) is 0 Å². The minimum Gasteiger partial charge on any atom is -0.352 e. The van der Waals surface area contributed by atoms with Crippen LogP contribution in [-0.2, 0) is 9.59 Å². The van der Waals surface area contributed by atoms with Crippen molar-refractivity contribution in [3.63, 3.8) is 0 Å². The Kier molecular flexibility index (Phi) is 8.03. The molecule has 1 fully saturated rings. The Balaban J connectivity index is 2.13. The molecule has 1 saturated heterocycles. The molecular formula is C22H33N3O3. The summed E-state index contributed by atoms with van der Waals surface area (Å²) in [6, 6.07) is 6.83. The number of hydrogen-bond acceptors (Lipinski definition) is 3. The fraction of sp³-hybridized carbons (Fsp3) is 0.591. The van der Waals surface area contributed by atoms with Gasteiger partial charge in [0.15, 0.2) is 0 Å². The van der Waals surface area contributed by atoms with E-state index in [0.717, 1.165) is 12.0 Å². The first kappa shape index (κ1) is 21.9. The largest absolute Gasteiger partial charge is 0.352 e. The molecule has 0 bridgehead atoms. The Morgan fingerprint density at radius 1 is 1.11 bits per heavy atom. The zero-order valence-electron chi connectivity index (χ0n) is 17.5. The first-order chi connectivity index (χ1) is 13.4. The van der Waals surface area contributed by atoms with Crippen LogP contribution in [0.25, 0.3) is 0 Å². The highest BCUT2D eigenvalue weighted by atomic mass is 16.2. The molecule has 6 nitrogen and oxygen atoms in total. The molecule has 0 spiro atoms. The summed E-state index contributed by atoms with van der Waals surface area (Å²) >= 11 is 0. The quantitative estimate of drug-likeness (QED) is 0.755. The number of aryl methyl sites for hydroxylation is 1. The van der Waals surface area contributed by atoms with Crippen LogP contribution in [0.4, 0.5) is 0 Å². The van der Waals surface area contributed by atoms with E-state index in [1.165, 1.54) is 0 Å². The molecule has 1 aromatic carbocycles. The van der Waals surface area contributed by atoms with Crippen molar-refractivity contribution >= 4 is 17.7 Å². The smallest absolute Gasteiger partial charge is 0.252 e. The summed E-state index contributed by atoms with van der Waals surface area (Å²) in [5.74, 6) is -0.216. The van der Waals surface area contributed by atoms with Gasteiger partial charge in [0.1, 0.15) is 6.04 Å². The highest BCUT2D eigenvalue weighted by Gasteiger charge is 2.34. The average molecular weight is 388 g/mol. The molecule has 1 heterocycles. The molecule has 2 N–H and O–H groups in total. The second kappa shape index (κ2) is 10.2. The van der Waals surface area contributed by atoms with E-state index >= 15 is 0 Å². The maximum Gasteiger partial charge on any atom is 0.252 e. The Morgan fingerprint density at radius 2 is 1.75 bits per heavy atom. The van der Waals surface area contributed by atoms with Crippen LogP contribution in [0.5, 0.6) is 0 Å². The number of carbonyl (C=O) groups is 3. The molecule has 1 aliphatic rings. The van der Waals surface area contributed by atoms with Gasteiger partial charge in [0.2, 0.25) is 11.8 Å². The lowest BCUT2D eigenvalue weighted by Gasteiger charge is -2.36. The van der Waals surface area contributed by atoms with Gasteiger partial charge in [-0.25, -0.2) is 0 Å². The van der Waals surface area contributed by atoms with Crippen LogP contribution >= 0.6 is 0 Å². The summed E-state index contributed by atoms with van der Waals surface area (Å²) in [6.45, 7) is 8.98. The fourth-order valence-electron chi connectivity index (χ4n) is 3.58. The van der Waals surface area contributed by atoms with E-state index in [2.05, 4.69) is 10.6 Å². The molecule has 1 aliphatic heterocycles. The highest BCUT2D eigenvalue weighted by molar-refractivity contribution is 5.98. The third kappa shape index (κ3) is 5.57. The van der Waals surface area contributed by atoms with E-state index in [0.29, 0.717) is 37.9 Å². The first-order valence-corrected chi connectivity index (χ1v) is 10.3. The van der Waals surface area contributed by atoms with Crippen molar-refractivity contribution in [2.24, 2.45) is 5.92 Å². The molecule has 0 unspecified atom stereocenters. The van der Waals surface area contributed by atoms with Crippen molar-refractivity contribution in [3.05, 3.63) is 35.4 Å². The zero-order chi connectivity index (χ0) is 20.7. The number of carbonyl (C=O) groups excluding carboxylic acids is 3. The summed E-state index contributed by atoms with van der Waals surface area (Å²) in [5, 5.41) is 5.99. The molecule has 0 aliphatic carbocycles. The topological polar surface area (TPSA) is 78.5 Å². The standard InChI is InChI=1S/C22H33N3O3/c1-5-16(4)23-22(28)20(17-11-13-25(14-12-17)19(26)6-2)24-21(27)18-10-8-7-9-15(18)3/h7-10,16-17,20H,5-6,11-14H2,1-4H3,(H,23,28)(H,24,27)/t16-,20+/m1/s1. The molecule has 2 atom stereocenters. The van der Waals surface area contributed by atoms with Gasteiger partial charge in [-0.2, -0.15) is 0 Å². The van der Waals surface area contributed by atoms with Crippen molar-refractivity contribution in [1.29, 1.82) is 0 Å². The number of rotatable bonds is 7. The molecule has 3 amide bonds. The predicted octanol–water partition coefficient (Wildman–Crippen LogP) is 2.66. The van der Waals surface area contributed by atoms with E-state index in [1.807, 2.05) is 50.8 Å². The van der Waals surface area contributed by atoms with Gasteiger partial charge in [-0.3, -0.25) is 14.4 Å². The van der Waals surface area contributed by atoms with Crippen molar-refractivity contribution in [3.8, 4) is 0 Å². The average Bonchev–Trinajstić information content (AvgIpc) is 2.71. The molecule has 0 saturated carbocycles. The van der Waals surface area contributed by atoms with Crippen LogP contribution in [0.1, 0.15) is 62.4 Å². The number of amides is 3. The Hall–Kier alpha value is -2.37. The second-order valence-electron chi connectivity index (χ2n) is 7.66. The highest BCUT2D eigenvalue weighted by Crippen LogP contribution is 2.22. The summed E-state index contributed by atoms with van der Waals surface area (Å²) in [6.07, 6.45) is 2.73. The fourth-order valence-corrected chi connectivity index (χ4v) is 3.58. The first-order valence-electron chi connectivity index (χ1n) is 10.3. The van der Waals surface area contributed by atoms with Gasteiger partial charge in [0.25, 0.3) is 5.91 Å². The molecule has 2 rings (SSSR count). The van der Waals surface area contributed by atoms with Crippen molar-refractivity contribution in [1.82, 2.24) is 15.5 Å². The van der Waals surface area contributed by atoms with E-state index in [1.54, 1.807) is 6.07 Å². The second-order valence-corrected chi connectivity index (χ2v) is 7.66. The van der Waals surface area contributed by atoms with Gasteiger partial charge in [-0.1, -0.05) is 32.0 Å². The van der Waals surface area contributed by atoms with Crippen molar-refractivity contribution in [2.45, 2.75) is 65.5 Å². The van der Waals surface area contributed by atoms with Gasteiger partial charge in [-0.05, 0) is 50.7 Å². The van der Waals surface area contributed by atoms with Crippen molar-refractivity contribution < 1.29 is 14.4 Å². The number of benzene rings is 1. The van der Waals surface area contributed by atoms with Crippen LogP contribution in [0.3, 0.4) is 0 Å². The Labute approximate surface area is 168 Å². The summed E-state index contributed by atoms with van der Waals surface area (Å²) in [4.78, 5) is 39.6. The van der Waals surface area contributed by atoms with Crippen LogP contribution in [0.2, 0.25) is 0 Å². The molecule has 0 aromatic heterocycles. The lowest BCUT2D eigenvalue weighted by molar-refractivity contribution is -0.132. The number of nitrogens with zero attached hydrogens (tertiary/aromatic N) is 1. The normalized spacial score (nSPS) is 16.9. The molecule has 6 heteroatoms. The summed E-state index contributed by atoms with van der Waals surface area (Å²) in [5.41, 5.74) is 1.46. The van der Waals surface area contributed by atoms with Crippen LogP contribution in [0.15, 0.2) is 24.3 Å². The van der Waals surface area contributed by atoms with Gasteiger partial charge < -0.3 is 15.5 Å². The van der Waals surface area contributed by atoms with E-state index in [-0.39, 0.29) is 29.7 Å².